The number of likely N-dealkylation sites (N-methyl/N-ethyl adjacent to an activating group) is 1. The van der Waals surface area contributed by atoms with E-state index in [-0.39, 0.29) is 24.4 Å². The van der Waals surface area contributed by atoms with Gasteiger partial charge < -0.3 is 9.80 Å². The van der Waals surface area contributed by atoms with Crippen molar-refractivity contribution < 1.29 is 9.59 Å². The number of carbonyl (C=O) groups is 2. The van der Waals surface area contributed by atoms with Crippen LogP contribution in [0.15, 0.2) is 24.4 Å². The molecule has 90 valence electrons. The molecule has 1 aromatic heterocycles. The first-order valence-electron chi connectivity index (χ1n) is 5.51. The lowest BCUT2D eigenvalue weighted by atomic mass is 10.2. The molecule has 5 nitrogen and oxygen atoms in total. The Morgan fingerprint density at radius 1 is 1.53 bits per heavy atom. The van der Waals surface area contributed by atoms with E-state index < -0.39 is 0 Å². The van der Waals surface area contributed by atoms with Crippen LogP contribution in [0.2, 0.25) is 0 Å². The van der Waals surface area contributed by atoms with Crippen molar-refractivity contribution in [1.29, 1.82) is 0 Å². The summed E-state index contributed by atoms with van der Waals surface area (Å²) in [6, 6.07) is 5.45. The minimum Gasteiger partial charge on any atom is -0.317 e. The summed E-state index contributed by atoms with van der Waals surface area (Å²) in [5.41, 5.74) is 0.856. The molecular weight excluding hydrogens is 218 g/mol. The van der Waals surface area contributed by atoms with Crippen LogP contribution in [0.3, 0.4) is 0 Å². The van der Waals surface area contributed by atoms with Gasteiger partial charge in [-0.25, -0.2) is 4.79 Å². The quantitative estimate of drug-likeness (QED) is 0.785. The van der Waals surface area contributed by atoms with Crippen molar-refractivity contribution in [3.05, 3.63) is 30.1 Å². The number of carbonyl (C=O) groups excluding carboxylic acids is 2. The molecule has 0 radical (unpaired) electrons. The number of Topliss-reactive ketones (excluding diaryl/α,β-unsaturated/α-hetero) is 1. The fourth-order valence-corrected chi connectivity index (χ4v) is 2.03. The van der Waals surface area contributed by atoms with Gasteiger partial charge in [0, 0.05) is 19.8 Å². The average molecular weight is 233 g/mol. The zero-order valence-electron chi connectivity index (χ0n) is 9.96. The first-order chi connectivity index (χ1) is 8.09. The molecule has 0 saturated carbocycles. The number of amides is 2. The molecule has 2 heterocycles. The minimum absolute atomic E-state index is 0.00609. The van der Waals surface area contributed by atoms with Crippen LogP contribution < -0.4 is 0 Å². The zero-order valence-corrected chi connectivity index (χ0v) is 9.96. The lowest BCUT2D eigenvalue weighted by Crippen LogP contribution is -2.33. The molecule has 0 aromatic carbocycles. The van der Waals surface area contributed by atoms with Gasteiger partial charge in [-0.05, 0) is 19.1 Å². The second kappa shape index (κ2) is 4.53. The first-order valence-corrected chi connectivity index (χ1v) is 5.51. The highest BCUT2D eigenvalue weighted by Gasteiger charge is 2.36. The zero-order chi connectivity index (χ0) is 12.4. The first kappa shape index (κ1) is 11.6. The minimum atomic E-state index is -0.115. The molecule has 1 fully saturated rings. The van der Waals surface area contributed by atoms with Crippen molar-refractivity contribution >= 4 is 11.8 Å². The van der Waals surface area contributed by atoms with Crippen LogP contribution in [0.1, 0.15) is 18.7 Å². The van der Waals surface area contributed by atoms with Crippen molar-refractivity contribution in [3.63, 3.8) is 0 Å². The van der Waals surface area contributed by atoms with Gasteiger partial charge in [-0.1, -0.05) is 6.07 Å². The van der Waals surface area contributed by atoms with E-state index in [1.807, 2.05) is 18.2 Å². The van der Waals surface area contributed by atoms with Crippen LogP contribution in [-0.4, -0.2) is 46.7 Å². The Kier molecular flexibility index (Phi) is 3.08. The van der Waals surface area contributed by atoms with Gasteiger partial charge in [0.25, 0.3) is 0 Å². The van der Waals surface area contributed by atoms with E-state index in [1.54, 1.807) is 23.0 Å². The summed E-state index contributed by atoms with van der Waals surface area (Å²) in [6.07, 6.45) is 1.71. The van der Waals surface area contributed by atoms with Gasteiger partial charge in [0.15, 0.2) is 0 Å². The summed E-state index contributed by atoms with van der Waals surface area (Å²) in [4.78, 5) is 30.4. The summed E-state index contributed by atoms with van der Waals surface area (Å²) in [5, 5.41) is 0. The Balaban J connectivity index is 2.17. The lowest BCUT2D eigenvalue weighted by molar-refractivity contribution is -0.117. The van der Waals surface area contributed by atoms with E-state index in [0.717, 1.165) is 5.69 Å². The second-order valence-electron chi connectivity index (χ2n) is 4.25. The Labute approximate surface area is 100 Å². The van der Waals surface area contributed by atoms with E-state index in [9.17, 15) is 9.59 Å². The summed E-state index contributed by atoms with van der Waals surface area (Å²) < 4.78 is 0. The number of pyridine rings is 1. The average Bonchev–Trinajstić information content (AvgIpc) is 2.58. The molecule has 0 bridgehead atoms. The fourth-order valence-electron chi connectivity index (χ4n) is 2.03. The van der Waals surface area contributed by atoms with E-state index >= 15 is 0 Å². The molecule has 1 atom stereocenters. The molecule has 1 aliphatic heterocycles. The van der Waals surface area contributed by atoms with Crippen LogP contribution in [0, 0.1) is 0 Å². The van der Waals surface area contributed by atoms with Crippen molar-refractivity contribution in [3.8, 4) is 0 Å². The fraction of sp³-hybridized carbons (Fsp3) is 0.417. The predicted octanol–water partition coefficient (Wildman–Crippen LogP) is 1.08. The Morgan fingerprint density at radius 2 is 2.29 bits per heavy atom. The largest absolute Gasteiger partial charge is 0.320 e. The molecule has 5 heteroatoms. The maximum absolute atomic E-state index is 11.9. The highest BCUT2D eigenvalue weighted by atomic mass is 16.2. The van der Waals surface area contributed by atoms with Gasteiger partial charge in [-0.3, -0.25) is 9.78 Å². The topological polar surface area (TPSA) is 53.5 Å². The predicted molar refractivity (Wildman–Crippen MR) is 62.4 cm³/mol. The highest BCUT2D eigenvalue weighted by Crippen LogP contribution is 2.26. The SMILES string of the molecule is CC(=O)CN1CC(c2ccccn2)N(C)C1=O. The van der Waals surface area contributed by atoms with Gasteiger partial charge in [0.1, 0.15) is 5.78 Å². The number of urea groups is 1. The molecular formula is C12H15N3O2. The molecule has 1 aromatic rings. The smallest absolute Gasteiger partial charge is 0.317 e. The molecule has 1 saturated heterocycles. The monoisotopic (exact) mass is 233 g/mol. The Hall–Kier alpha value is -1.91. The number of aromatic nitrogens is 1. The van der Waals surface area contributed by atoms with Crippen molar-refractivity contribution in [2.75, 3.05) is 20.1 Å². The molecule has 1 unspecified atom stereocenters. The van der Waals surface area contributed by atoms with Gasteiger partial charge in [-0.15, -0.1) is 0 Å². The standard InChI is InChI=1S/C12H15N3O2/c1-9(16)7-15-8-11(14(2)12(15)17)10-5-3-4-6-13-10/h3-6,11H,7-8H2,1-2H3. The van der Waals surface area contributed by atoms with Crippen LogP contribution in [-0.2, 0) is 4.79 Å². The van der Waals surface area contributed by atoms with Crippen LogP contribution in [0.25, 0.3) is 0 Å². The number of ketones is 1. The highest BCUT2D eigenvalue weighted by molar-refractivity contribution is 5.85. The molecule has 2 rings (SSSR count). The number of nitrogens with zero attached hydrogens (tertiary/aromatic N) is 3. The maximum atomic E-state index is 11.9. The molecule has 0 aliphatic carbocycles. The van der Waals surface area contributed by atoms with Crippen molar-refractivity contribution in [2.45, 2.75) is 13.0 Å². The molecule has 0 spiro atoms. The van der Waals surface area contributed by atoms with Gasteiger partial charge in [0.2, 0.25) is 0 Å². The lowest BCUT2D eigenvalue weighted by Gasteiger charge is -2.16. The third-order valence-electron chi connectivity index (χ3n) is 2.88. The van der Waals surface area contributed by atoms with E-state index in [1.165, 1.54) is 6.92 Å². The van der Waals surface area contributed by atoms with Gasteiger partial charge in [-0.2, -0.15) is 0 Å². The van der Waals surface area contributed by atoms with Crippen LogP contribution in [0.5, 0.6) is 0 Å². The molecule has 1 aliphatic rings. The van der Waals surface area contributed by atoms with Crippen LogP contribution >= 0.6 is 0 Å². The number of hydrogen-bond acceptors (Lipinski definition) is 3. The van der Waals surface area contributed by atoms with Crippen molar-refractivity contribution in [1.82, 2.24) is 14.8 Å². The van der Waals surface area contributed by atoms with Gasteiger partial charge in [0.05, 0.1) is 18.3 Å². The van der Waals surface area contributed by atoms with Crippen LogP contribution in [0.4, 0.5) is 4.79 Å². The number of rotatable bonds is 3. The number of hydrogen-bond donors (Lipinski definition) is 0. The van der Waals surface area contributed by atoms with Crippen molar-refractivity contribution in [2.24, 2.45) is 0 Å². The van der Waals surface area contributed by atoms with E-state index in [4.69, 9.17) is 0 Å². The normalized spacial score (nSPS) is 19.9. The molecule has 17 heavy (non-hydrogen) atoms. The second-order valence-corrected chi connectivity index (χ2v) is 4.25. The Bertz CT molecular complexity index is 433. The van der Waals surface area contributed by atoms with E-state index in [0.29, 0.717) is 6.54 Å². The Morgan fingerprint density at radius 3 is 2.88 bits per heavy atom. The summed E-state index contributed by atoms with van der Waals surface area (Å²) in [7, 11) is 1.74. The third kappa shape index (κ3) is 2.27. The molecule has 2 amide bonds. The summed E-state index contributed by atoms with van der Waals surface area (Å²) in [5.74, 6) is -0.00609. The molecule has 0 N–H and O–H groups in total. The third-order valence-corrected chi connectivity index (χ3v) is 2.88. The van der Waals surface area contributed by atoms with E-state index in [2.05, 4.69) is 4.98 Å². The summed E-state index contributed by atoms with van der Waals surface area (Å²) in [6.45, 7) is 2.18. The maximum Gasteiger partial charge on any atom is 0.320 e. The van der Waals surface area contributed by atoms with Gasteiger partial charge >= 0.3 is 6.03 Å². The summed E-state index contributed by atoms with van der Waals surface area (Å²) >= 11 is 0.